The summed E-state index contributed by atoms with van der Waals surface area (Å²) in [4.78, 5) is 90.9. The number of phenolic OH excluding ortho intramolecular Hbond substituents is 1. The molecule has 1 aliphatic heterocycles. The summed E-state index contributed by atoms with van der Waals surface area (Å²) >= 11 is 0. The van der Waals surface area contributed by atoms with Crippen molar-refractivity contribution in [2.24, 2.45) is 16.8 Å². The van der Waals surface area contributed by atoms with Crippen LogP contribution in [0.25, 0.3) is 10.4 Å². The third-order valence-corrected chi connectivity index (χ3v) is 9.01. The first-order valence-electron chi connectivity index (χ1n) is 20.2. The molecular formula is C39H61N9O11. The van der Waals surface area contributed by atoms with Gasteiger partial charge in [-0.3, -0.25) is 28.8 Å². The fraction of sp³-hybridized carbons (Fsp3) is 0.667. The monoisotopic (exact) mass is 831 g/mol. The number of amides is 6. The van der Waals surface area contributed by atoms with Gasteiger partial charge in [0.2, 0.25) is 29.5 Å². The summed E-state index contributed by atoms with van der Waals surface area (Å²) < 4.78 is 15.4. The Morgan fingerprint density at radius 2 is 1.56 bits per heavy atom. The highest BCUT2D eigenvalue weighted by molar-refractivity contribution is 5.96. The summed E-state index contributed by atoms with van der Waals surface area (Å²) in [7, 11) is 0. The number of hydrogen-bond donors (Lipinski definition) is 7. The first-order chi connectivity index (χ1) is 28.2. The fourth-order valence-corrected chi connectivity index (χ4v) is 5.84. The molecule has 20 heteroatoms. The molecule has 6 amide bonds. The van der Waals surface area contributed by atoms with Crippen molar-refractivity contribution < 1.29 is 52.9 Å². The summed E-state index contributed by atoms with van der Waals surface area (Å²) in [6.07, 6.45) is 2.65. The normalized spacial score (nSPS) is 15.7. The molecule has 1 fully saturated rings. The number of ether oxygens (including phenoxy) is 3. The molecule has 3 unspecified atom stereocenters. The number of hydrogen-bond acceptors (Lipinski definition) is 12. The number of esters is 1. The summed E-state index contributed by atoms with van der Waals surface area (Å²) in [6, 6.07) is 3.27. The Hall–Kier alpha value is -5.46. The van der Waals surface area contributed by atoms with Gasteiger partial charge >= 0.3 is 5.97 Å². The molecule has 1 aliphatic rings. The van der Waals surface area contributed by atoms with E-state index in [1.807, 2.05) is 13.8 Å². The molecule has 20 nitrogen and oxygen atoms in total. The molecule has 1 aromatic carbocycles. The topological polar surface area (TPSA) is 306 Å². The van der Waals surface area contributed by atoms with Crippen LogP contribution in [0, 0.1) is 5.92 Å². The second kappa shape index (κ2) is 28.0. The van der Waals surface area contributed by atoms with Crippen LogP contribution in [0.2, 0.25) is 0 Å². The molecule has 0 aromatic heterocycles. The minimum absolute atomic E-state index is 0.0159. The minimum atomic E-state index is -1.08. The molecular weight excluding hydrogens is 770 g/mol. The molecule has 0 aliphatic carbocycles. The molecule has 59 heavy (non-hydrogen) atoms. The molecule has 0 bridgehead atoms. The van der Waals surface area contributed by atoms with Crippen LogP contribution in [0.1, 0.15) is 90.5 Å². The van der Waals surface area contributed by atoms with Crippen LogP contribution >= 0.6 is 0 Å². The number of carbonyl (C=O) groups excluding carboxylic acids is 7. The van der Waals surface area contributed by atoms with Gasteiger partial charge in [0.25, 0.3) is 5.91 Å². The van der Waals surface area contributed by atoms with Crippen molar-refractivity contribution >= 4 is 41.4 Å². The van der Waals surface area contributed by atoms with Gasteiger partial charge in [0.05, 0.1) is 6.61 Å². The van der Waals surface area contributed by atoms with Crippen molar-refractivity contribution in [1.82, 2.24) is 26.6 Å². The lowest BCUT2D eigenvalue weighted by atomic mass is 10.0. The van der Waals surface area contributed by atoms with Crippen LogP contribution in [0.15, 0.2) is 29.4 Å². The molecule has 1 heterocycles. The number of aromatic hydroxyl groups is 1. The van der Waals surface area contributed by atoms with Gasteiger partial charge in [0, 0.05) is 44.0 Å². The Morgan fingerprint density at radius 1 is 0.847 bits per heavy atom. The van der Waals surface area contributed by atoms with Crippen LogP contribution in [-0.4, -0.2) is 116 Å². The fourth-order valence-electron chi connectivity index (χ4n) is 5.84. The second-order valence-electron chi connectivity index (χ2n) is 14.5. The highest BCUT2D eigenvalue weighted by Gasteiger charge is 2.52. The number of rotatable bonds is 31. The van der Waals surface area contributed by atoms with Gasteiger partial charge < -0.3 is 51.6 Å². The van der Waals surface area contributed by atoms with Gasteiger partial charge in [-0.25, -0.2) is 4.79 Å². The number of nitrogens with zero attached hydrogens (tertiary/aromatic N) is 3. The van der Waals surface area contributed by atoms with Crippen molar-refractivity contribution in [2.75, 3.05) is 39.5 Å². The van der Waals surface area contributed by atoms with Gasteiger partial charge in [0.1, 0.15) is 30.5 Å². The Kier molecular flexibility index (Phi) is 23.6. The molecule has 5 atom stereocenters. The van der Waals surface area contributed by atoms with Gasteiger partial charge in [0.15, 0.2) is 12.2 Å². The maximum absolute atomic E-state index is 13.5. The third kappa shape index (κ3) is 21.2. The summed E-state index contributed by atoms with van der Waals surface area (Å²) in [5.74, 6) is -3.63. The number of carbonyl (C=O) groups is 7. The maximum Gasteiger partial charge on any atom is 0.338 e. The predicted molar refractivity (Wildman–Crippen MR) is 214 cm³/mol. The number of primary amides is 1. The van der Waals surface area contributed by atoms with Crippen molar-refractivity contribution in [1.29, 1.82) is 0 Å². The van der Waals surface area contributed by atoms with E-state index in [0.717, 1.165) is 0 Å². The van der Waals surface area contributed by atoms with E-state index in [2.05, 4.69) is 36.6 Å². The molecule has 1 saturated heterocycles. The standard InChI is InChI=1S/C39H61N9O11/c1-4-58-39(56)34-33(59-34)38(55)47-29(22-25(2)3)37(54)46-30(23-26-14-16-27(49)17-15-26)36(53)43-19-8-5-6-13-31(50)45-28(35(40)52)12-7-9-18-42-32(51)24-57-21-11-10-20-44-48-41/h14-17,25,28-30,33-34,49H,4-13,18-24H2,1-3H3,(H2,40,52)(H,42,51)(H,43,53)(H,45,50)(H,46,54)(H,47,55)/t28?,29-,30-,33?,34?/m0/s1. The van der Waals surface area contributed by atoms with E-state index < -0.39 is 59.9 Å². The Balaban J connectivity index is 1.78. The van der Waals surface area contributed by atoms with Gasteiger partial charge in [-0.15, -0.1) is 0 Å². The maximum atomic E-state index is 13.5. The lowest BCUT2D eigenvalue weighted by molar-refractivity contribution is -0.144. The zero-order valence-electron chi connectivity index (χ0n) is 34.2. The van der Waals surface area contributed by atoms with E-state index in [0.29, 0.717) is 76.6 Å². The average Bonchev–Trinajstić information content (AvgIpc) is 4.00. The quantitative estimate of drug-likeness (QED) is 0.0140. The minimum Gasteiger partial charge on any atom is -0.508 e. The van der Waals surface area contributed by atoms with Gasteiger partial charge in [-0.2, -0.15) is 0 Å². The van der Waals surface area contributed by atoms with Crippen LogP contribution < -0.4 is 32.3 Å². The summed E-state index contributed by atoms with van der Waals surface area (Å²) in [5.41, 5.74) is 14.4. The largest absolute Gasteiger partial charge is 0.508 e. The zero-order valence-corrected chi connectivity index (χ0v) is 34.2. The molecule has 8 N–H and O–H groups in total. The third-order valence-electron chi connectivity index (χ3n) is 9.01. The first-order valence-corrected chi connectivity index (χ1v) is 20.2. The smallest absolute Gasteiger partial charge is 0.338 e. The van der Waals surface area contributed by atoms with E-state index in [4.69, 9.17) is 25.5 Å². The van der Waals surface area contributed by atoms with E-state index in [1.54, 1.807) is 19.1 Å². The summed E-state index contributed by atoms with van der Waals surface area (Å²) in [6.45, 7) is 6.78. The number of unbranched alkanes of at least 4 members (excludes halogenated alkanes) is 4. The Morgan fingerprint density at radius 3 is 2.24 bits per heavy atom. The SMILES string of the molecule is CCOC(=O)C1OC1C(=O)N[C@@H](CC(C)C)C(=O)N[C@@H](Cc1ccc(O)cc1)C(=O)NCCCCCC(=O)NC(CCCCNC(=O)COCCCCN=[N+]=[N-])C(N)=O. The molecule has 0 spiro atoms. The number of phenols is 1. The highest BCUT2D eigenvalue weighted by Crippen LogP contribution is 2.24. The molecule has 0 radical (unpaired) electrons. The number of epoxide rings is 1. The van der Waals surface area contributed by atoms with Gasteiger partial charge in [-0.05, 0) is 87.4 Å². The average molecular weight is 832 g/mol. The number of benzene rings is 1. The van der Waals surface area contributed by atoms with E-state index >= 15 is 0 Å². The van der Waals surface area contributed by atoms with E-state index in [-0.39, 0.29) is 62.5 Å². The van der Waals surface area contributed by atoms with Crippen molar-refractivity contribution in [3.63, 3.8) is 0 Å². The van der Waals surface area contributed by atoms with Crippen LogP contribution in [0.4, 0.5) is 0 Å². The van der Waals surface area contributed by atoms with Crippen LogP contribution in [0.3, 0.4) is 0 Å². The lowest BCUT2D eigenvalue weighted by Crippen LogP contribution is -2.55. The second-order valence-corrected chi connectivity index (χ2v) is 14.5. The Bertz CT molecular complexity index is 1570. The van der Waals surface area contributed by atoms with E-state index in [9.17, 15) is 38.7 Å². The van der Waals surface area contributed by atoms with Crippen molar-refractivity contribution in [2.45, 2.75) is 122 Å². The number of nitrogens with one attached hydrogen (secondary N) is 5. The predicted octanol–water partition coefficient (Wildman–Crippen LogP) is 1.32. The summed E-state index contributed by atoms with van der Waals surface area (Å²) in [5, 5.41) is 26.8. The molecule has 328 valence electrons. The van der Waals surface area contributed by atoms with Crippen LogP contribution in [0.5, 0.6) is 5.75 Å². The zero-order chi connectivity index (χ0) is 43.6. The Labute approximate surface area is 344 Å². The molecule has 0 saturated carbocycles. The lowest BCUT2D eigenvalue weighted by Gasteiger charge is -2.24. The van der Waals surface area contributed by atoms with Crippen molar-refractivity contribution in [3.05, 3.63) is 40.3 Å². The number of nitrogens with two attached hydrogens (primary N) is 1. The van der Waals surface area contributed by atoms with Gasteiger partial charge in [-0.1, -0.05) is 37.5 Å². The number of azide groups is 1. The molecule has 2 rings (SSSR count). The first kappa shape index (κ1) is 49.7. The van der Waals surface area contributed by atoms with Crippen molar-refractivity contribution in [3.8, 4) is 5.75 Å². The highest BCUT2D eigenvalue weighted by atomic mass is 16.6. The molecule has 1 aromatic rings. The van der Waals surface area contributed by atoms with Crippen LogP contribution in [-0.2, 0) is 54.2 Å². The van der Waals surface area contributed by atoms with E-state index in [1.165, 1.54) is 12.1 Å².